The predicted molar refractivity (Wildman–Crippen MR) is 52.2 cm³/mol. The fraction of sp³-hybridized carbons (Fsp3) is 0.333. The normalized spacial score (nSPS) is 11.9. The number of anilines is 1. The third-order valence-corrected chi connectivity index (χ3v) is 1.62. The quantitative estimate of drug-likeness (QED) is 0.604. The van der Waals surface area contributed by atoms with Gasteiger partial charge in [-0.3, -0.25) is 9.87 Å². The molecule has 0 saturated heterocycles. The van der Waals surface area contributed by atoms with Gasteiger partial charge in [-0.1, -0.05) is 0 Å². The summed E-state index contributed by atoms with van der Waals surface area (Å²) >= 11 is -2.41. The van der Waals surface area contributed by atoms with E-state index in [1.54, 1.807) is 18.6 Å². The Hall–Kier alpha value is -1.61. The fourth-order valence-electron chi connectivity index (χ4n) is 0.878. The van der Waals surface area contributed by atoms with Crippen LogP contribution in [0.3, 0.4) is 0 Å². The van der Waals surface area contributed by atoms with Crippen molar-refractivity contribution in [1.82, 2.24) is 19.7 Å². The largest absolute Gasteiger partial charge is 0.335 e. The fourth-order valence-corrected chi connectivity index (χ4v) is 1.09. The molecule has 2 amide bonds. The third kappa shape index (κ3) is 3.95. The SMILES string of the molecule is Cc1nc(C)nc(NC(=O)NS(=O)O)n1. The zero-order chi connectivity index (χ0) is 11.4. The van der Waals surface area contributed by atoms with E-state index in [1.165, 1.54) is 0 Å². The number of carbonyl (C=O) groups is 1. The minimum Gasteiger partial charge on any atom is -0.289 e. The molecular weight excluding hydrogens is 222 g/mol. The highest BCUT2D eigenvalue weighted by Gasteiger charge is 2.07. The number of nitrogens with zero attached hydrogens (tertiary/aromatic N) is 3. The van der Waals surface area contributed by atoms with E-state index in [2.05, 4.69) is 20.3 Å². The third-order valence-electron chi connectivity index (χ3n) is 1.26. The molecule has 0 bridgehead atoms. The Kier molecular flexibility index (Phi) is 3.63. The summed E-state index contributed by atoms with van der Waals surface area (Å²) in [6, 6.07) is -0.860. The maximum atomic E-state index is 11.0. The summed E-state index contributed by atoms with van der Waals surface area (Å²) in [5.74, 6) is 0.925. The van der Waals surface area contributed by atoms with Crippen LogP contribution in [0.25, 0.3) is 0 Å². The van der Waals surface area contributed by atoms with Gasteiger partial charge in [-0.2, -0.15) is 9.97 Å². The lowest BCUT2D eigenvalue weighted by molar-refractivity contribution is 0.256. The highest BCUT2D eigenvalue weighted by molar-refractivity contribution is 7.77. The van der Waals surface area contributed by atoms with Gasteiger partial charge in [0.05, 0.1) is 0 Å². The summed E-state index contributed by atoms with van der Waals surface area (Å²) < 4.78 is 20.3. The molecule has 0 aliphatic carbocycles. The summed E-state index contributed by atoms with van der Waals surface area (Å²) in [5.41, 5.74) is 0. The number of hydrogen-bond acceptors (Lipinski definition) is 5. The molecule has 15 heavy (non-hydrogen) atoms. The summed E-state index contributed by atoms with van der Waals surface area (Å²) in [6.07, 6.45) is 0. The summed E-state index contributed by atoms with van der Waals surface area (Å²) in [7, 11) is 0. The van der Waals surface area contributed by atoms with Gasteiger partial charge in [-0.15, -0.1) is 0 Å². The summed E-state index contributed by atoms with van der Waals surface area (Å²) in [4.78, 5) is 22.5. The van der Waals surface area contributed by atoms with Gasteiger partial charge in [-0.05, 0) is 13.8 Å². The lowest BCUT2D eigenvalue weighted by Crippen LogP contribution is -2.30. The van der Waals surface area contributed by atoms with Crippen LogP contribution >= 0.6 is 0 Å². The average Bonchev–Trinajstić information content (AvgIpc) is 1.98. The number of carbonyl (C=O) groups excluding carboxylic acids is 1. The number of rotatable bonds is 2. The predicted octanol–water partition coefficient (Wildman–Crippen LogP) is -0.253. The van der Waals surface area contributed by atoms with Crippen molar-refractivity contribution in [2.24, 2.45) is 0 Å². The molecule has 82 valence electrons. The van der Waals surface area contributed by atoms with E-state index in [4.69, 9.17) is 4.55 Å². The molecule has 0 spiro atoms. The van der Waals surface area contributed by atoms with Gasteiger partial charge in [0.15, 0.2) is 0 Å². The molecule has 0 aliphatic heterocycles. The first-order chi connectivity index (χ1) is 6.97. The Bertz CT molecular complexity index is 390. The number of aryl methyl sites for hydroxylation is 2. The number of amides is 2. The van der Waals surface area contributed by atoms with Crippen LogP contribution in [0.2, 0.25) is 0 Å². The van der Waals surface area contributed by atoms with E-state index in [0.29, 0.717) is 11.6 Å². The van der Waals surface area contributed by atoms with Crippen LogP contribution in [0, 0.1) is 13.8 Å². The van der Waals surface area contributed by atoms with Gasteiger partial charge >= 0.3 is 6.03 Å². The van der Waals surface area contributed by atoms with Crippen LogP contribution in [0.4, 0.5) is 10.7 Å². The van der Waals surface area contributed by atoms with Gasteiger partial charge in [0, 0.05) is 0 Å². The first kappa shape index (κ1) is 11.5. The topological polar surface area (TPSA) is 117 Å². The smallest absolute Gasteiger partial charge is 0.289 e. The van der Waals surface area contributed by atoms with Crippen molar-refractivity contribution in [3.8, 4) is 0 Å². The van der Waals surface area contributed by atoms with Crippen molar-refractivity contribution in [3.05, 3.63) is 11.6 Å². The van der Waals surface area contributed by atoms with Gasteiger partial charge in [0.25, 0.3) is 11.3 Å². The molecule has 1 aromatic heterocycles. The second-order valence-corrected chi connectivity index (χ2v) is 3.26. The van der Waals surface area contributed by atoms with Crippen molar-refractivity contribution in [3.63, 3.8) is 0 Å². The number of aromatic nitrogens is 3. The molecule has 8 nitrogen and oxygen atoms in total. The Morgan fingerprint density at radius 1 is 1.27 bits per heavy atom. The van der Waals surface area contributed by atoms with Crippen molar-refractivity contribution in [2.75, 3.05) is 5.32 Å². The van der Waals surface area contributed by atoms with Gasteiger partial charge in [0.1, 0.15) is 11.6 Å². The van der Waals surface area contributed by atoms with Crippen molar-refractivity contribution >= 4 is 23.2 Å². The molecule has 1 unspecified atom stereocenters. The summed E-state index contributed by atoms with van der Waals surface area (Å²) in [6.45, 7) is 3.28. The maximum Gasteiger partial charge on any atom is 0.335 e. The number of nitrogens with one attached hydrogen (secondary N) is 2. The molecule has 1 aromatic rings. The standard InChI is InChI=1S/C6H9N5O3S/c1-3-7-4(2)9-5(8-3)10-6(12)11-15(13)14/h1-2H3,(H,13,14)(H2,7,8,9,10,11,12). The van der Waals surface area contributed by atoms with Crippen molar-refractivity contribution in [1.29, 1.82) is 0 Å². The van der Waals surface area contributed by atoms with Gasteiger partial charge in [-0.25, -0.2) is 18.7 Å². The van der Waals surface area contributed by atoms with E-state index >= 15 is 0 Å². The molecule has 1 atom stereocenters. The summed E-state index contributed by atoms with van der Waals surface area (Å²) in [5, 5.41) is 2.19. The van der Waals surface area contributed by atoms with E-state index in [1.807, 2.05) is 0 Å². The van der Waals surface area contributed by atoms with Crippen LogP contribution in [0.5, 0.6) is 0 Å². The Morgan fingerprint density at radius 3 is 2.27 bits per heavy atom. The van der Waals surface area contributed by atoms with Crippen molar-refractivity contribution < 1.29 is 13.6 Å². The van der Waals surface area contributed by atoms with E-state index in [0.717, 1.165) is 0 Å². The monoisotopic (exact) mass is 231 g/mol. The molecule has 0 saturated carbocycles. The van der Waals surface area contributed by atoms with E-state index < -0.39 is 17.3 Å². The Balaban J connectivity index is 2.72. The minimum absolute atomic E-state index is 0.0305. The van der Waals surface area contributed by atoms with Gasteiger partial charge < -0.3 is 0 Å². The van der Waals surface area contributed by atoms with E-state index in [9.17, 15) is 9.00 Å². The number of hydrogen-bond donors (Lipinski definition) is 3. The molecule has 0 aliphatic rings. The second-order valence-electron chi connectivity index (χ2n) is 2.56. The first-order valence-corrected chi connectivity index (χ1v) is 4.96. The van der Waals surface area contributed by atoms with Crippen molar-refractivity contribution in [2.45, 2.75) is 13.8 Å². The van der Waals surface area contributed by atoms with Gasteiger partial charge in [0.2, 0.25) is 5.95 Å². The molecule has 3 N–H and O–H groups in total. The molecule has 0 fully saturated rings. The highest BCUT2D eigenvalue weighted by Crippen LogP contribution is 1.99. The zero-order valence-electron chi connectivity index (χ0n) is 8.01. The Labute approximate surface area is 88.0 Å². The molecular formula is C6H9N5O3S. The van der Waals surface area contributed by atoms with Crippen LogP contribution in [-0.2, 0) is 11.3 Å². The highest BCUT2D eigenvalue weighted by atomic mass is 32.2. The second kappa shape index (κ2) is 4.75. The van der Waals surface area contributed by atoms with E-state index in [-0.39, 0.29) is 5.95 Å². The molecule has 0 aromatic carbocycles. The lowest BCUT2D eigenvalue weighted by Gasteiger charge is -2.03. The average molecular weight is 231 g/mol. The maximum absolute atomic E-state index is 11.0. The molecule has 0 radical (unpaired) electrons. The van der Waals surface area contributed by atoms with Crippen LogP contribution < -0.4 is 10.0 Å². The number of urea groups is 1. The minimum atomic E-state index is -2.41. The van der Waals surface area contributed by atoms with Crippen LogP contribution in [0.15, 0.2) is 0 Å². The van der Waals surface area contributed by atoms with Crippen LogP contribution in [0.1, 0.15) is 11.6 Å². The first-order valence-electron chi connectivity index (χ1n) is 3.85. The molecule has 9 heteroatoms. The zero-order valence-corrected chi connectivity index (χ0v) is 8.83. The van der Waals surface area contributed by atoms with Crippen LogP contribution in [-0.4, -0.2) is 29.7 Å². The Morgan fingerprint density at radius 2 is 1.80 bits per heavy atom. The lowest BCUT2D eigenvalue weighted by atomic mass is 10.6. The molecule has 1 rings (SSSR count). The molecule has 1 heterocycles.